The fourth-order valence-corrected chi connectivity index (χ4v) is 1.37. The van der Waals surface area contributed by atoms with E-state index >= 15 is 0 Å². The molecule has 0 atom stereocenters. The molecule has 0 fully saturated rings. The van der Waals surface area contributed by atoms with E-state index in [-0.39, 0.29) is 0 Å². The smallest absolute Gasteiger partial charge is 0.119 e. The summed E-state index contributed by atoms with van der Waals surface area (Å²) in [7, 11) is 7.30. The van der Waals surface area contributed by atoms with Crippen molar-refractivity contribution in [1.29, 1.82) is 0 Å². The van der Waals surface area contributed by atoms with Crippen molar-refractivity contribution in [3.8, 4) is 5.75 Å². The minimum Gasteiger partial charge on any atom is -0.497 e. The van der Waals surface area contributed by atoms with Gasteiger partial charge < -0.3 is 9.47 Å². The van der Waals surface area contributed by atoms with Gasteiger partial charge in [-0.05, 0) is 17.2 Å². The SMILES string of the molecule is [B]c1ccc(C(=C)COCCCl)cc1OC. The molecule has 0 saturated heterocycles. The third-order valence-electron chi connectivity index (χ3n) is 2.14. The Hall–Kier alpha value is -0.925. The first-order chi connectivity index (χ1) is 7.69. The van der Waals surface area contributed by atoms with Gasteiger partial charge >= 0.3 is 0 Å². The second kappa shape index (κ2) is 6.61. The molecule has 0 spiro atoms. The average Bonchev–Trinajstić information content (AvgIpc) is 2.30. The minimum absolute atomic E-state index is 0.458. The van der Waals surface area contributed by atoms with Gasteiger partial charge in [0.25, 0.3) is 0 Å². The fourth-order valence-electron chi connectivity index (χ4n) is 1.26. The lowest BCUT2D eigenvalue weighted by atomic mass is 9.92. The maximum Gasteiger partial charge on any atom is 0.119 e. The van der Waals surface area contributed by atoms with Gasteiger partial charge in [0, 0.05) is 5.88 Å². The number of hydrogen-bond acceptors (Lipinski definition) is 2. The highest BCUT2D eigenvalue weighted by atomic mass is 35.5. The van der Waals surface area contributed by atoms with Crippen molar-refractivity contribution in [3.05, 3.63) is 30.3 Å². The number of methoxy groups -OCH3 is 1. The Balaban J connectivity index is 2.68. The van der Waals surface area contributed by atoms with Gasteiger partial charge in [0.15, 0.2) is 0 Å². The largest absolute Gasteiger partial charge is 0.497 e. The predicted octanol–water partition coefficient (Wildman–Crippen LogP) is 1.76. The summed E-state index contributed by atoms with van der Waals surface area (Å²) < 4.78 is 10.4. The second-order valence-corrected chi connectivity index (χ2v) is 3.68. The molecule has 0 amide bonds. The van der Waals surface area contributed by atoms with Crippen molar-refractivity contribution in [2.24, 2.45) is 0 Å². The standard InChI is InChI=1S/C12H14BClO2/c1-9(8-16-6-5-14)10-3-4-11(13)12(7-10)15-2/h3-4,7H,1,5-6,8H2,2H3. The predicted molar refractivity (Wildman–Crippen MR) is 69.0 cm³/mol. The Kier molecular flexibility index (Phi) is 5.43. The first kappa shape index (κ1) is 13.1. The van der Waals surface area contributed by atoms with E-state index in [0.29, 0.717) is 30.3 Å². The van der Waals surface area contributed by atoms with Gasteiger partial charge in [0.2, 0.25) is 0 Å². The maximum absolute atomic E-state index is 5.72. The zero-order chi connectivity index (χ0) is 12.0. The first-order valence-corrected chi connectivity index (χ1v) is 5.48. The summed E-state index contributed by atoms with van der Waals surface area (Å²) in [5.74, 6) is 1.13. The Morgan fingerprint density at radius 3 is 2.88 bits per heavy atom. The van der Waals surface area contributed by atoms with E-state index in [1.807, 2.05) is 12.1 Å². The molecule has 0 unspecified atom stereocenters. The molecule has 0 aromatic heterocycles. The van der Waals surface area contributed by atoms with E-state index in [4.69, 9.17) is 28.9 Å². The van der Waals surface area contributed by atoms with E-state index in [2.05, 4.69) is 6.58 Å². The average molecular weight is 237 g/mol. The monoisotopic (exact) mass is 236 g/mol. The van der Waals surface area contributed by atoms with Crippen LogP contribution in [-0.2, 0) is 4.74 Å². The van der Waals surface area contributed by atoms with Crippen LogP contribution in [0, 0.1) is 0 Å². The molecule has 84 valence electrons. The summed E-state index contributed by atoms with van der Waals surface area (Å²) in [6.45, 7) is 4.92. The molecular weight excluding hydrogens is 222 g/mol. The molecule has 4 heteroatoms. The molecule has 0 heterocycles. The number of benzene rings is 1. The van der Waals surface area contributed by atoms with E-state index in [0.717, 1.165) is 11.1 Å². The van der Waals surface area contributed by atoms with Crippen LogP contribution < -0.4 is 10.2 Å². The molecule has 0 aliphatic heterocycles. The van der Waals surface area contributed by atoms with E-state index < -0.39 is 0 Å². The Bertz CT molecular complexity index is 366. The van der Waals surface area contributed by atoms with E-state index in [1.165, 1.54) is 0 Å². The highest BCUT2D eigenvalue weighted by molar-refractivity contribution is 6.34. The molecule has 1 rings (SSSR count). The lowest BCUT2D eigenvalue weighted by Gasteiger charge is -2.10. The number of ether oxygens (including phenoxy) is 2. The molecule has 0 aliphatic carbocycles. The molecular formula is C12H14BClO2. The molecule has 16 heavy (non-hydrogen) atoms. The van der Waals surface area contributed by atoms with Gasteiger partial charge in [0.1, 0.15) is 13.6 Å². The molecule has 0 bridgehead atoms. The first-order valence-electron chi connectivity index (χ1n) is 4.94. The van der Waals surface area contributed by atoms with Gasteiger partial charge in [-0.1, -0.05) is 24.2 Å². The Morgan fingerprint density at radius 1 is 1.50 bits per heavy atom. The second-order valence-electron chi connectivity index (χ2n) is 3.30. The number of rotatable bonds is 6. The van der Waals surface area contributed by atoms with Gasteiger partial charge in [-0.3, -0.25) is 0 Å². The van der Waals surface area contributed by atoms with Crippen LogP contribution in [0.15, 0.2) is 24.8 Å². The molecule has 1 aromatic carbocycles. The lowest BCUT2D eigenvalue weighted by Crippen LogP contribution is -2.08. The van der Waals surface area contributed by atoms with Gasteiger partial charge in [-0.2, -0.15) is 0 Å². The summed E-state index contributed by atoms with van der Waals surface area (Å²) >= 11 is 5.51. The van der Waals surface area contributed by atoms with Crippen LogP contribution in [0.3, 0.4) is 0 Å². The van der Waals surface area contributed by atoms with Crippen LogP contribution in [0.1, 0.15) is 5.56 Å². The highest BCUT2D eigenvalue weighted by Crippen LogP contribution is 2.17. The quantitative estimate of drug-likeness (QED) is 0.426. The molecule has 2 nitrogen and oxygen atoms in total. The van der Waals surface area contributed by atoms with Crippen molar-refractivity contribution in [3.63, 3.8) is 0 Å². The number of alkyl halides is 1. The summed E-state index contributed by atoms with van der Waals surface area (Å²) in [6.07, 6.45) is 0. The Morgan fingerprint density at radius 2 is 2.25 bits per heavy atom. The van der Waals surface area contributed by atoms with Crippen LogP contribution in [0.4, 0.5) is 0 Å². The minimum atomic E-state index is 0.458. The number of hydrogen-bond donors (Lipinski definition) is 0. The van der Waals surface area contributed by atoms with Crippen LogP contribution in [-0.4, -0.2) is 34.0 Å². The fraction of sp³-hybridized carbons (Fsp3) is 0.333. The van der Waals surface area contributed by atoms with Crippen molar-refractivity contribution in [2.45, 2.75) is 0 Å². The topological polar surface area (TPSA) is 18.5 Å². The van der Waals surface area contributed by atoms with Gasteiger partial charge in [-0.15, -0.1) is 11.6 Å². The molecule has 2 radical (unpaired) electrons. The van der Waals surface area contributed by atoms with Crippen molar-refractivity contribution in [2.75, 3.05) is 26.2 Å². The van der Waals surface area contributed by atoms with Crippen LogP contribution in [0.2, 0.25) is 0 Å². The summed E-state index contributed by atoms with van der Waals surface area (Å²) in [4.78, 5) is 0. The summed E-state index contributed by atoms with van der Waals surface area (Å²) in [5, 5.41) is 0. The lowest BCUT2D eigenvalue weighted by molar-refractivity contribution is 0.185. The zero-order valence-corrected chi connectivity index (χ0v) is 10.1. The third-order valence-corrected chi connectivity index (χ3v) is 2.29. The maximum atomic E-state index is 5.72. The van der Waals surface area contributed by atoms with Gasteiger partial charge in [0.05, 0.1) is 20.3 Å². The highest BCUT2D eigenvalue weighted by Gasteiger charge is 2.03. The van der Waals surface area contributed by atoms with E-state index in [9.17, 15) is 0 Å². The van der Waals surface area contributed by atoms with Crippen LogP contribution in [0.5, 0.6) is 5.75 Å². The van der Waals surface area contributed by atoms with Crippen LogP contribution >= 0.6 is 11.6 Å². The zero-order valence-electron chi connectivity index (χ0n) is 9.33. The number of halogens is 1. The molecule has 0 aliphatic rings. The van der Waals surface area contributed by atoms with Crippen molar-refractivity contribution in [1.82, 2.24) is 0 Å². The van der Waals surface area contributed by atoms with E-state index in [1.54, 1.807) is 13.2 Å². The molecule has 0 N–H and O–H groups in total. The summed E-state index contributed by atoms with van der Waals surface area (Å²) in [5.41, 5.74) is 2.45. The third kappa shape index (κ3) is 3.58. The Labute approximate surface area is 103 Å². The normalized spacial score (nSPS) is 10.1. The summed E-state index contributed by atoms with van der Waals surface area (Å²) in [6, 6.07) is 5.53. The van der Waals surface area contributed by atoms with Crippen molar-refractivity contribution < 1.29 is 9.47 Å². The van der Waals surface area contributed by atoms with Crippen LogP contribution in [0.25, 0.3) is 5.57 Å². The van der Waals surface area contributed by atoms with Crippen molar-refractivity contribution >= 4 is 30.5 Å². The molecule has 1 aromatic rings. The van der Waals surface area contributed by atoms with Gasteiger partial charge in [-0.25, -0.2) is 0 Å². The molecule has 0 saturated carbocycles.